The minimum atomic E-state index is 0.505. The standard InChI is InChI=1S/C25H23N3O4/c1-29-22-10-15-9-16(14-28-26-20-7-5-6-8-21(20)27-28)18-12-24(31-3)25(32-4)13-19(18)17(15)11-23(22)30-2/h5-13H,14H2,1-4H3. The Morgan fingerprint density at radius 2 is 1.12 bits per heavy atom. The number of aromatic nitrogens is 3. The van der Waals surface area contributed by atoms with Crippen molar-refractivity contribution in [2.75, 3.05) is 28.4 Å². The van der Waals surface area contributed by atoms with Gasteiger partial charge in [-0.3, -0.25) is 0 Å². The highest BCUT2D eigenvalue weighted by Gasteiger charge is 2.16. The van der Waals surface area contributed by atoms with E-state index in [0.29, 0.717) is 29.5 Å². The SMILES string of the molecule is COc1cc2cc(Cn3nc4ccccc4n3)c3cc(OC)c(OC)cc3c2cc1OC. The molecule has 0 spiro atoms. The lowest BCUT2D eigenvalue weighted by molar-refractivity contribution is 0.355. The van der Waals surface area contributed by atoms with Crippen LogP contribution in [0.1, 0.15) is 5.56 Å². The zero-order valence-corrected chi connectivity index (χ0v) is 18.4. The van der Waals surface area contributed by atoms with E-state index < -0.39 is 0 Å². The number of rotatable bonds is 6. The number of hydrogen-bond donors (Lipinski definition) is 0. The molecule has 0 N–H and O–H groups in total. The minimum Gasteiger partial charge on any atom is -0.493 e. The van der Waals surface area contributed by atoms with Crippen LogP contribution in [0.5, 0.6) is 23.0 Å². The molecule has 162 valence electrons. The van der Waals surface area contributed by atoms with E-state index in [-0.39, 0.29) is 0 Å². The van der Waals surface area contributed by atoms with E-state index in [2.05, 4.69) is 16.3 Å². The molecule has 0 saturated heterocycles. The average molecular weight is 429 g/mol. The van der Waals surface area contributed by atoms with Crippen molar-refractivity contribution in [3.05, 3.63) is 60.2 Å². The Kier molecular flexibility index (Phi) is 4.93. The summed E-state index contributed by atoms with van der Waals surface area (Å²) in [4.78, 5) is 1.72. The van der Waals surface area contributed by atoms with Gasteiger partial charge in [0.2, 0.25) is 0 Å². The lowest BCUT2D eigenvalue weighted by Crippen LogP contribution is -2.05. The molecular formula is C25H23N3O4. The van der Waals surface area contributed by atoms with Gasteiger partial charge in [-0.15, -0.1) is 0 Å². The van der Waals surface area contributed by atoms with Gasteiger partial charge in [0, 0.05) is 0 Å². The number of ether oxygens (including phenoxy) is 4. The number of nitrogens with zero attached hydrogens (tertiary/aromatic N) is 3. The number of methoxy groups -OCH3 is 4. The van der Waals surface area contributed by atoms with E-state index in [4.69, 9.17) is 18.9 Å². The molecule has 5 rings (SSSR count). The summed E-state index contributed by atoms with van der Waals surface area (Å²) in [6.45, 7) is 0.505. The van der Waals surface area contributed by atoms with E-state index in [9.17, 15) is 0 Å². The Balaban J connectivity index is 1.79. The second kappa shape index (κ2) is 7.92. The van der Waals surface area contributed by atoms with Crippen LogP contribution in [0.3, 0.4) is 0 Å². The van der Waals surface area contributed by atoms with Crippen LogP contribution in [0, 0.1) is 0 Å². The van der Waals surface area contributed by atoms with Crippen LogP contribution in [0.15, 0.2) is 54.6 Å². The largest absolute Gasteiger partial charge is 0.493 e. The van der Waals surface area contributed by atoms with Gasteiger partial charge in [0.1, 0.15) is 11.0 Å². The van der Waals surface area contributed by atoms with Gasteiger partial charge in [0.05, 0.1) is 35.0 Å². The van der Waals surface area contributed by atoms with Crippen LogP contribution in [-0.2, 0) is 6.54 Å². The van der Waals surface area contributed by atoms with Crippen molar-refractivity contribution in [1.29, 1.82) is 0 Å². The van der Waals surface area contributed by atoms with Crippen molar-refractivity contribution in [3.8, 4) is 23.0 Å². The summed E-state index contributed by atoms with van der Waals surface area (Å²) in [6.07, 6.45) is 0. The quantitative estimate of drug-likeness (QED) is 0.361. The van der Waals surface area contributed by atoms with E-state index in [0.717, 1.165) is 38.1 Å². The Labute approximate surface area is 185 Å². The predicted molar refractivity (Wildman–Crippen MR) is 124 cm³/mol. The van der Waals surface area contributed by atoms with Crippen LogP contribution in [0.4, 0.5) is 0 Å². The van der Waals surface area contributed by atoms with E-state index >= 15 is 0 Å². The van der Waals surface area contributed by atoms with Crippen molar-refractivity contribution in [3.63, 3.8) is 0 Å². The van der Waals surface area contributed by atoms with Gasteiger partial charge in [-0.2, -0.15) is 15.0 Å². The van der Waals surface area contributed by atoms with E-state index in [1.54, 1.807) is 33.2 Å². The second-order valence-corrected chi connectivity index (χ2v) is 7.44. The fraction of sp³-hybridized carbons (Fsp3) is 0.200. The van der Waals surface area contributed by atoms with Crippen LogP contribution in [-0.4, -0.2) is 43.4 Å². The molecule has 0 aliphatic rings. The molecular weight excluding hydrogens is 406 g/mol. The normalized spacial score (nSPS) is 11.2. The average Bonchev–Trinajstić information content (AvgIpc) is 3.24. The molecule has 1 aromatic heterocycles. The summed E-state index contributed by atoms with van der Waals surface area (Å²) in [5.74, 6) is 2.67. The monoisotopic (exact) mass is 429 g/mol. The van der Waals surface area contributed by atoms with Crippen LogP contribution < -0.4 is 18.9 Å². The summed E-state index contributed by atoms with van der Waals surface area (Å²) in [5, 5.41) is 13.4. The third-order valence-electron chi connectivity index (χ3n) is 5.69. The smallest absolute Gasteiger partial charge is 0.161 e. The second-order valence-electron chi connectivity index (χ2n) is 7.44. The molecule has 5 aromatic rings. The molecule has 7 heteroatoms. The zero-order chi connectivity index (χ0) is 22.2. The summed E-state index contributed by atoms with van der Waals surface area (Å²) < 4.78 is 22.3. The third kappa shape index (κ3) is 3.22. The molecule has 0 atom stereocenters. The first-order valence-corrected chi connectivity index (χ1v) is 10.2. The van der Waals surface area contributed by atoms with Crippen LogP contribution in [0.25, 0.3) is 32.6 Å². The molecule has 0 radical (unpaired) electrons. The molecule has 7 nitrogen and oxygen atoms in total. The zero-order valence-electron chi connectivity index (χ0n) is 18.4. The van der Waals surface area contributed by atoms with Gasteiger partial charge in [0.25, 0.3) is 0 Å². The topological polar surface area (TPSA) is 67.6 Å². The van der Waals surface area contributed by atoms with Crippen molar-refractivity contribution in [2.45, 2.75) is 6.54 Å². The Hall–Kier alpha value is -4.00. The van der Waals surface area contributed by atoms with Gasteiger partial charge >= 0.3 is 0 Å². The van der Waals surface area contributed by atoms with Crippen molar-refractivity contribution >= 4 is 32.6 Å². The maximum absolute atomic E-state index is 5.58. The molecule has 32 heavy (non-hydrogen) atoms. The summed E-state index contributed by atoms with van der Waals surface area (Å²) in [5.41, 5.74) is 2.78. The molecule has 0 bridgehead atoms. The molecule has 0 amide bonds. The van der Waals surface area contributed by atoms with Gasteiger partial charge in [-0.1, -0.05) is 12.1 Å². The minimum absolute atomic E-state index is 0.505. The molecule has 1 heterocycles. The van der Waals surface area contributed by atoms with Gasteiger partial charge in [0.15, 0.2) is 23.0 Å². The first-order chi connectivity index (χ1) is 15.6. The highest BCUT2D eigenvalue weighted by atomic mass is 16.5. The van der Waals surface area contributed by atoms with Gasteiger partial charge < -0.3 is 18.9 Å². The predicted octanol–water partition coefficient (Wildman–Crippen LogP) is 4.82. The van der Waals surface area contributed by atoms with Crippen molar-refractivity contribution in [2.24, 2.45) is 0 Å². The molecule has 0 aliphatic heterocycles. The molecule has 0 aliphatic carbocycles. The molecule has 0 saturated carbocycles. The number of fused-ring (bicyclic) bond motifs is 4. The van der Waals surface area contributed by atoms with Crippen LogP contribution in [0.2, 0.25) is 0 Å². The summed E-state index contributed by atoms with van der Waals surface area (Å²) in [7, 11) is 6.55. The molecule has 0 fully saturated rings. The van der Waals surface area contributed by atoms with E-state index in [1.165, 1.54) is 0 Å². The number of benzene rings is 4. The van der Waals surface area contributed by atoms with E-state index in [1.807, 2.05) is 48.5 Å². The van der Waals surface area contributed by atoms with Crippen molar-refractivity contribution < 1.29 is 18.9 Å². The summed E-state index contributed by atoms with van der Waals surface area (Å²) >= 11 is 0. The molecule has 0 unspecified atom stereocenters. The maximum atomic E-state index is 5.58. The first kappa shape index (κ1) is 19.9. The summed E-state index contributed by atoms with van der Waals surface area (Å²) in [6, 6.07) is 18.0. The Morgan fingerprint density at radius 3 is 1.69 bits per heavy atom. The number of hydrogen-bond acceptors (Lipinski definition) is 6. The maximum Gasteiger partial charge on any atom is 0.161 e. The van der Waals surface area contributed by atoms with Gasteiger partial charge in [-0.05, 0) is 69.6 Å². The van der Waals surface area contributed by atoms with Crippen molar-refractivity contribution in [1.82, 2.24) is 15.0 Å². The lowest BCUT2D eigenvalue weighted by Gasteiger charge is -2.16. The molecule has 4 aromatic carbocycles. The first-order valence-electron chi connectivity index (χ1n) is 10.2. The Morgan fingerprint density at radius 1 is 0.625 bits per heavy atom. The third-order valence-corrected chi connectivity index (χ3v) is 5.69. The fourth-order valence-electron chi connectivity index (χ4n) is 4.14. The Bertz CT molecular complexity index is 1430. The lowest BCUT2D eigenvalue weighted by atomic mass is 9.96. The van der Waals surface area contributed by atoms with Crippen LogP contribution >= 0.6 is 0 Å². The fourth-order valence-corrected chi connectivity index (χ4v) is 4.14. The highest BCUT2D eigenvalue weighted by molar-refractivity contribution is 6.11. The van der Waals surface area contributed by atoms with Gasteiger partial charge in [-0.25, -0.2) is 0 Å². The highest BCUT2D eigenvalue weighted by Crippen LogP contribution is 2.41.